The summed E-state index contributed by atoms with van der Waals surface area (Å²) >= 11 is 6.18. The van der Waals surface area contributed by atoms with Crippen LogP contribution in [-0.2, 0) is 0 Å². The van der Waals surface area contributed by atoms with E-state index in [1.54, 1.807) is 0 Å². The van der Waals surface area contributed by atoms with Crippen LogP contribution >= 0.6 is 11.6 Å². The molecule has 0 heterocycles. The van der Waals surface area contributed by atoms with Crippen molar-refractivity contribution >= 4 is 22.4 Å². The quantitative estimate of drug-likeness (QED) is 0.690. The van der Waals surface area contributed by atoms with E-state index in [-0.39, 0.29) is 0 Å². The van der Waals surface area contributed by atoms with E-state index in [2.05, 4.69) is 25.1 Å². The van der Waals surface area contributed by atoms with E-state index in [0.29, 0.717) is 5.02 Å². The number of halogens is 1. The summed E-state index contributed by atoms with van der Waals surface area (Å²) in [6.07, 6.45) is -0.672. The lowest BCUT2D eigenvalue weighted by molar-refractivity contribution is 0.221. The molecule has 0 aliphatic carbocycles. The van der Waals surface area contributed by atoms with Gasteiger partial charge in [-0.15, -0.1) is 0 Å². The monoisotopic (exact) mass is 296 g/mol. The molecular weight excluding hydrogens is 280 g/mol. The Labute approximate surface area is 129 Å². The second-order valence-corrected chi connectivity index (χ2v) is 5.78. The second-order valence-electron chi connectivity index (χ2n) is 5.37. The Morgan fingerprint density at radius 3 is 2.29 bits per heavy atom. The Kier molecular flexibility index (Phi) is 3.71. The highest BCUT2D eigenvalue weighted by molar-refractivity contribution is 6.31. The first kappa shape index (κ1) is 14.1. The van der Waals surface area contributed by atoms with Gasteiger partial charge >= 0.3 is 0 Å². The molecule has 1 N–H and O–H groups in total. The molecule has 0 radical (unpaired) electrons. The first-order valence-corrected chi connectivity index (χ1v) is 7.38. The van der Waals surface area contributed by atoms with Crippen LogP contribution in [0, 0.1) is 13.8 Å². The van der Waals surface area contributed by atoms with Gasteiger partial charge in [-0.05, 0) is 52.9 Å². The summed E-state index contributed by atoms with van der Waals surface area (Å²) in [6.45, 7) is 4.03. The van der Waals surface area contributed by atoms with Crippen LogP contribution in [0.1, 0.15) is 28.4 Å². The molecule has 0 saturated carbocycles. The lowest BCUT2D eigenvalue weighted by atomic mass is 9.92. The molecule has 0 saturated heterocycles. The zero-order valence-corrected chi connectivity index (χ0v) is 12.9. The van der Waals surface area contributed by atoms with Crippen LogP contribution < -0.4 is 0 Å². The van der Waals surface area contributed by atoms with Crippen molar-refractivity contribution in [2.75, 3.05) is 0 Å². The summed E-state index contributed by atoms with van der Waals surface area (Å²) in [7, 11) is 0. The van der Waals surface area contributed by atoms with Crippen LogP contribution in [0.15, 0.2) is 54.6 Å². The Bertz CT molecular complexity index is 808. The normalized spacial score (nSPS) is 12.6. The highest BCUT2D eigenvalue weighted by Crippen LogP contribution is 2.33. The Morgan fingerprint density at radius 1 is 0.810 bits per heavy atom. The van der Waals surface area contributed by atoms with Gasteiger partial charge < -0.3 is 5.11 Å². The van der Waals surface area contributed by atoms with E-state index in [1.807, 2.05) is 43.3 Å². The molecule has 1 unspecified atom stereocenters. The van der Waals surface area contributed by atoms with Crippen molar-refractivity contribution in [3.8, 4) is 0 Å². The minimum Gasteiger partial charge on any atom is -0.384 e. The summed E-state index contributed by atoms with van der Waals surface area (Å²) in [4.78, 5) is 0. The van der Waals surface area contributed by atoms with Gasteiger partial charge in [-0.2, -0.15) is 0 Å². The molecule has 3 rings (SSSR count). The van der Waals surface area contributed by atoms with E-state index >= 15 is 0 Å². The molecule has 0 bridgehead atoms. The molecule has 0 amide bonds. The van der Waals surface area contributed by atoms with Gasteiger partial charge in [0, 0.05) is 5.02 Å². The van der Waals surface area contributed by atoms with Gasteiger partial charge in [0.1, 0.15) is 6.10 Å². The predicted octanol–water partition coefficient (Wildman–Crippen LogP) is 5.19. The first-order chi connectivity index (χ1) is 10.1. The average molecular weight is 297 g/mol. The summed E-state index contributed by atoms with van der Waals surface area (Å²) in [5.74, 6) is 0. The Hall–Kier alpha value is -1.83. The van der Waals surface area contributed by atoms with Gasteiger partial charge in [-0.25, -0.2) is 0 Å². The van der Waals surface area contributed by atoms with Crippen molar-refractivity contribution in [3.05, 3.63) is 81.9 Å². The highest BCUT2D eigenvalue weighted by Gasteiger charge is 2.17. The van der Waals surface area contributed by atoms with Crippen LogP contribution in [0.5, 0.6) is 0 Å². The molecule has 0 aliphatic heterocycles. The minimum atomic E-state index is -0.672. The summed E-state index contributed by atoms with van der Waals surface area (Å²) < 4.78 is 0. The summed E-state index contributed by atoms with van der Waals surface area (Å²) in [5, 5.41) is 13.8. The molecule has 3 aromatic carbocycles. The first-order valence-electron chi connectivity index (χ1n) is 7.01. The number of aliphatic hydroxyl groups is 1. The van der Waals surface area contributed by atoms with Crippen LogP contribution in [0.4, 0.5) is 0 Å². The Morgan fingerprint density at radius 2 is 1.52 bits per heavy atom. The van der Waals surface area contributed by atoms with Crippen molar-refractivity contribution < 1.29 is 5.11 Å². The van der Waals surface area contributed by atoms with Crippen molar-refractivity contribution in [2.45, 2.75) is 20.0 Å². The van der Waals surface area contributed by atoms with Gasteiger partial charge in [0.15, 0.2) is 0 Å². The largest absolute Gasteiger partial charge is 0.384 e. The number of aryl methyl sites for hydroxylation is 1. The van der Waals surface area contributed by atoms with Crippen molar-refractivity contribution in [1.29, 1.82) is 0 Å². The van der Waals surface area contributed by atoms with Gasteiger partial charge in [0.05, 0.1) is 0 Å². The molecule has 0 fully saturated rings. The molecule has 21 heavy (non-hydrogen) atoms. The number of benzene rings is 3. The maximum absolute atomic E-state index is 10.8. The number of hydrogen-bond acceptors (Lipinski definition) is 1. The van der Waals surface area contributed by atoms with Crippen LogP contribution in [0.2, 0.25) is 5.02 Å². The lowest BCUT2D eigenvalue weighted by Gasteiger charge is -2.18. The van der Waals surface area contributed by atoms with Crippen LogP contribution in [-0.4, -0.2) is 5.11 Å². The van der Waals surface area contributed by atoms with Gasteiger partial charge in [0.2, 0.25) is 0 Å². The standard InChI is InChI=1S/C19H17ClO/c1-12-10-11-17(16-7-4-3-6-14(12)16)19(21)15-8-5-9-18(20)13(15)2/h3-11,19,21H,1-2H3. The van der Waals surface area contributed by atoms with Crippen molar-refractivity contribution in [2.24, 2.45) is 0 Å². The molecule has 0 spiro atoms. The van der Waals surface area contributed by atoms with E-state index < -0.39 is 6.10 Å². The number of hydrogen-bond donors (Lipinski definition) is 1. The zero-order valence-electron chi connectivity index (χ0n) is 12.1. The van der Waals surface area contributed by atoms with Crippen LogP contribution in [0.25, 0.3) is 10.8 Å². The molecule has 0 aromatic heterocycles. The molecule has 2 heteroatoms. The second kappa shape index (κ2) is 5.51. The topological polar surface area (TPSA) is 20.2 Å². The molecule has 1 nitrogen and oxygen atoms in total. The van der Waals surface area contributed by atoms with Gasteiger partial charge in [-0.1, -0.05) is 60.1 Å². The smallest absolute Gasteiger partial charge is 0.105 e. The number of rotatable bonds is 2. The van der Waals surface area contributed by atoms with Gasteiger partial charge in [0.25, 0.3) is 0 Å². The lowest BCUT2D eigenvalue weighted by Crippen LogP contribution is -2.03. The fourth-order valence-corrected chi connectivity index (χ4v) is 2.98. The Balaban J connectivity index is 2.21. The average Bonchev–Trinajstić information content (AvgIpc) is 2.50. The molecular formula is C19H17ClO. The van der Waals surface area contributed by atoms with E-state index in [4.69, 9.17) is 11.6 Å². The number of aliphatic hydroxyl groups excluding tert-OH is 1. The van der Waals surface area contributed by atoms with Crippen molar-refractivity contribution in [3.63, 3.8) is 0 Å². The van der Waals surface area contributed by atoms with Gasteiger partial charge in [-0.3, -0.25) is 0 Å². The molecule has 0 aliphatic rings. The zero-order chi connectivity index (χ0) is 15.0. The number of fused-ring (bicyclic) bond motifs is 1. The van der Waals surface area contributed by atoms with Crippen LogP contribution in [0.3, 0.4) is 0 Å². The molecule has 3 aromatic rings. The maximum atomic E-state index is 10.8. The molecule has 106 valence electrons. The fourth-order valence-electron chi connectivity index (χ4n) is 2.80. The summed E-state index contributed by atoms with van der Waals surface area (Å²) in [6, 6.07) is 17.9. The third kappa shape index (κ3) is 2.44. The summed E-state index contributed by atoms with van der Waals surface area (Å²) in [5.41, 5.74) is 3.92. The maximum Gasteiger partial charge on any atom is 0.105 e. The minimum absolute atomic E-state index is 0.672. The highest BCUT2D eigenvalue weighted by atomic mass is 35.5. The van der Waals surface area contributed by atoms with E-state index in [1.165, 1.54) is 10.9 Å². The predicted molar refractivity (Wildman–Crippen MR) is 88.9 cm³/mol. The third-order valence-corrected chi connectivity index (χ3v) is 4.48. The fraction of sp³-hybridized carbons (Fsp3) is 0.158. The SMILES string of the molecule is Cc1c(Cl)cccc1C(O)c1ccc(C)c2ccccc12. The molecule has 1 atom stereocenters. The van der Waals surface area contributed by atoms with E-state index in [0.717, 1.165) is 22.1 Å². The third-order valence-electron chi connectivity index (χ3n) is 4.07. The van der Waals surface area contributed by atoms with Crippen molar-refractivity contribution in [1.82, 2.24) is 0 Å². The van der Waals surface area contributed by atoms with E-state index in [9.17, 15) is 5.11 Å².